The zero-order valence-electron chi connectivity index (χ0n) is 9.61. The van der Waals surface area contributed by atoms with Gasteiger partial charge in [0.25, 0.3) is 5.69 Å². The number of thioether (sulfide) groups is 1. The number of nitrogens with zero attached hydrogens (tertiary/aromatic N) is 1. The summed E-state index contributed by atoms with van der Waals surface area (Å²) in [5.74, 6) is -0.233. The van der Waals surface area contributed by atoms with Crippen molar-refractivity contribution in [1.29, 1.82) is 0 Å². The van der Waals surface area contributed by atoms with E-state index in [0.717, 1.165) is 11.8 Å². The highest BCUT2D eigenvalue weighted by Gasteiger charge is 2.21. The molecule has 0 aliphatic carbocycles. The minimum absolute atomic E-state index is 0.0780. The third kappa shape index (κ3) is 2.94. The van der Waals surface area contributed by atoms with Gasteiger partial charge in [-0.1, -0.05) is 6.07 Å². The summed E-state index contributed by atoms with van der Waals surface area (Å²) in [4.78, 5) is 21.6. The first-order chi connectivity index (χ1) is 9.09. The van der Waals surface area contributed by atoms with Crippen LogP contribution in [-0.4, -0.2) is 16.0 Å². The van der Waals surface area contributed by atoms with Gasteiger partial charge in [0.1, 0.15) is 10.7 Å². The molecule has 0 aliphatic heterocycles. The van der Waals surface area contributed by atoms with E-state index in [4.69, 9.17) is 9.52 Å². The van der Waals surface area contributed by atoms with E-state index in [0.29, 0.717) is 11.5 Å². The Morgan fingerprint density at radius 3 is 2.74 bits per heavy atom. The molecule has 1 heterocycles. The number of carboxylic acid groups (broad SMARTS) is 1. The molecule has 0 atom stereocenters. The van der Waals surface area contributed by atoms with Crippen LogP contribution < -0.4 is 0 Å². The number of hydrogen-bond acceptors (Lipinski definition) is 5. The maximum atomic E-state index is 11.1. The van der Waals surface area contributed by atoms with Crippen molar-refractivity contribution in [3.05, 3.63) is 58.0 Å². The fourth-order valence-corrected chi connectivity index (χ4v) is 2.58. The Morgan fingerprint density at radius 2 is 2.16 bits per heavy atom. The van der Waals surface area contributed by atoms with Crippen LogP contribution in [0.1, 0.15) is 16.1 Å². The van der Waals surface area contributed by atoms with Gasteiger partial charge in [0.15, 0.2) is 0 Å². The van der Waals surface area contributed by atoms with Gasteiger partial charge in [0.2, 0.25) is 0 Å². The normalized spacial score (nSPS) is 10.3. The number of rotatable bonds is 5. The largest absolute Gasteiger partial charge is 0.478 e. The monoisotopic (exact) mass is 279 g/mol. The average Bonchev–Trinajstić information content (AvgIpc) is 2.88. The Kier molecular flexibility index (Phi) is 3.86. The van der Waals surface area contributed by atoms with E-state index >= 15 is 0 Å². The molecule has 6 nitrogen and oxygen atoms in total. The lowest BCUT2D eigenvalue weighted by molar-refractivity contribution is -0.387. The molecule has 0 spiro atoms. The minimum atomic E-state index is -1.19. The van der Waals surface area contributed by atoms with Gasteiger partial charge in [-0.3, -0.25) is 10.1 Å². The van der Waals surface area contributed by atoms with Crippen LogP contribution in [0.3, 0.4) is 0 Å². The van der Waals surface area contributed by atoms with Crippen LogP contribution in [0.5, 0.6) is 0 Å². The standard InChI is InChI=1S/C12H9NO5S/c14-12(15)9-4-1-5-10(13(16)17)11(9)19-7-8-3-2-6-18-8/h1-6H,7H2,(H,14,15). The molecule has 1 N–H and O–H groups in total. The number of carbonyl (C=O) groups is 1. The van der Waals surface area contributed by atoms with Crippen LogP contribution in [0.2, 0.25) is 0 Å². The van der Waals surface area contributed by atoms with Crippen molar-refractivity contribution in [2.75, 3.05) is 0 Å². The highest BCUT2D eigenvalue weighted by Crippen LogP contribution is 2.34. The second-order valence-corrected chi connectivity index (χ2v) is 4.57. The summed E-state index contributed by atoms with van der Waals surface area (Å²) in [5.41, 5.74) is -0.290. The second-order valence-electron chi connectivity index (χ2n) is 3.58. The molecule has 7 heteroatoms. The zero-order chi connectivity index (χ0) is 13.8. The smallest absolute Gasteiger partial charge is 0.337 e. The Balaban J connectivity index is 2.35. The summed E-state index contributed by atoms with van der Waals surface area (Å²) in [5, 5.41) is 20.0. The van der Waals surface area contributed by atoms with Crippen molar-refractivity contribution in [3.63, 3.8) is 0 Å². The Morgan fingerprint density at radius 1 is 1.37 bits per heavy atom. The molecule has 2 aromatic rings. The zero-order valence-corrected chi connectivity index (χ0v) is 10.4. The number of benzene rings is 1. The van der Waals surface area contributed by atoms with E-state index in [-0.39, 0.29) is 16.1 Å². The number of furan rings is 1. The topological polar surface area (TPSA) is 93.6 Å². The number of nitro groups is 1. The lowest BCUT2D eigenvalue weighted by atomic mass is 10.2. The first-order valence-corrected chi connectivity index (χ1v) is 6.24. The van der Waals surface area contributed by atoms with Gasteiger partial charge in [-0.05, 0) is 18.2 Å². The number of hydrogen-bond donors (Lipinski definition) is 1. The van der Waals surface area contributed by atoms with Crippen molar-refractivity contribution >= 4 is 23.4 Å². The van der Waals surface area contributed by atoms with Crippen molar-refractivity contribution in [2.24, 2.45) is 0 Å². The molecular weight excluding hydrogens is 270 g/mol. The van der Waals surface area contributed by atoms with Gasteiger partial charge in [0, 0.05) is 6.07 Å². The van der Waals surface area contributed by atoms with E-state index in [1.54, 1.807) is 12.1 Å². The molecule has 1 aromatic carbocycles. The van der Waals surface area contributed by atoms with E-state index in [2.05, 4.69) is 0 Å². The van der Waals surface area contributed by atoms with Crippen molar-refractivity contribution in [1.82, 2.24) is 0 Å². The molecule has 1 aromatic heterocycles. The predicted octanol–water partition coefficient (Wildman–Crippen LogP) is 3.18. The van der Waals surface area contributed by atoms with E-state index in [1.807, 2.05) is 0 Å². The molecule has 2 rings (SSSR count). The summed E-state index contributed by atoms with van der Waals surface area (Å²) < 4.78 is 5.12. The molecule has 0 radical (unpaired) electrons. The summed E-state index contributed by atoms with van der Waals surface area (Å²) in [6, 6.07) is 7.42. The van der Waals surface area contributed by atoms with Gasteiger partial charge in [0.05, 0.1) is 22.5 Å². The van der Waals surface area contributed by atoms with Crippen LogP contribution in [-0.2, 0) is 5.75 Å². The highest BCUT2D eigenvalue weighted by atomic mass is 32.2. The maximum absolute atomic E-state index is 11.1. The molecule has 98 valence electrons. The average molecular weight is 279 g/mol. The fraction of sp³-hybridized carbons (Fsp3) is 0.0833. The lowest BCUT2D eigenvalue weighted by Gasteiger charge is -2.05. The van der Waals surface area contributed by atoms with Crippen LogP contribution in [0.25, 0.3) is 0 Å². The fourth-order valence-electron chi connectivity index (χ4n) is 1.53. The van der Waals surface area contributed by atoms with Gasteiger partial charge in [-0.25, -0.2) is 4.79 Å². The molecule has 0 aliphatic rings. The van der Waals surface area contributed by atoms with Crippen LogP contribution in [0.4, 0.5) is 5.69 Å². The van der Waals surface area contributed by atoms with Crippen LogP contribution in [0.15, 0.2) is 45.9 Å². The second kappa shape index (κ2) is 5.57. The number of aromatic carboxylic acids is 1. The van der Waals surface area contributed by atoms with Gasteiger partial charge in [-0.2, -0.15) is 0 Å². The van der Waals surface area contributed by atoms with E-state index in [1.165, 1.54) is 24.5 Å². The maximum Gasteiger partial charge on any atom is 0.337 e. The molecule has 0 fully saturated rings. The molecule has 0 amide bonds. The van der Waals surface area contributed by atoms with Crippen molar-refractivity contribution in [2.45, 2.75) is 10.6 Å². The predicted molar refractivity (Wildman–Crippen MR) is 68.3 cm³/mol. The van der Waals surface area contributed by atoms with E-state index in [9.17, 15) is 14.9 Å². The van der Waals surface area contributed by atoms with Crippen molar-refractivity contribution in [3.8, 4) is 0 Å². The highest BCUT2D eigenvalue weighted by molar-refractivity contribution is 7.98. The quantitative estimate of drug-likeness (QED) is 0.513. The summed E-state index contributed by atoms with van der Waals surface area (Å²) >= 11 is 1.07. The van der Waals surface area contributed by atoms with Gasteiger partial charge < -0.3 is 9.52 Å². The third-order valence-corrected chi connectivity index (χ3v) is 3.51. The summed E-state index contributed by atoms with van der Waals surface area (Å²) in [6.07, 6.45) is 1.49. The third-order valence-electron chi connectivity index (χ3n) is 2.36. The molecule has 19 heavy (non-hydrogen) atoms. The van der Waals surface area contributed by atoms with Gasteiger partial charge in [-0.15, -0.1) is 11.8 Å². The molecule has 0 saturated carbocycles. The number of carboxylic acids is 1. The lowest BCUT2D eigenvalue weighted by Crippen LogP contribution is -2.02. The summed E-state index contributed by atoms with van der Waals surface area (Å²) in [7, 11) is 0. The van der Waals surface area contributed by atoms with Gasteiger partial charge >= 0.3 is 5.97 Å². The van der Waals surface area contributed by atoms with E-state index < -0.39 is 10.9 Å². The Bertz CT molecular complexity index is 576. The van der Waals surface area contributed by atoms with Crippen LogP contribution >= 0.6 is 11.8 Å². The Labute approximate surface area is 112 Å². The minimum Gasteiger partial charge on any atom is -0.478 e. The molecule has 0 saturated heterocycles. The summed E-state index contributed by atoms with van der Waals surface area (Å²) in [6.45, 7) is 0. The van der Waals surface area contributed by atoms with Crippen molar-refractivity contribution < 1.29 is 19.2 Å². The molecular formula is C12H9NO5S. The Hall–Kier alpha value is -2.28. The number of nitro benzene ring substituents is 1. The molecule has 0 unspecified atom stereocenters. The first kappa shape index (κ1) is 13.2. The SMILES string of the molecule is O=C(O)c1cccc([N+](=O)[O-])c1SCc1ccco1. The first-order valence-electron chi connectivity index (χ1n) is 5.25. The van der Waals surface area contributed by atoms with Crippen LogP contribution in [0, 0.1) is 10.1 Å². The molecule has 0 bridgehead atoms.